The maximum absolute atomic E-state index is 6.06. The van der Waals surface area contributed by atoms with Crippen LogP contribution < -0.4 is 5.32 Å². The summed E-state index contributed by atoms with van der Waals surface area (Å²) in [6.45, 7) is 14.3. The molecule has 1 aromatic rings. The Kier molecular flexibility index (Phi) is 6.85. The topological polar surface area (TPSA) is 46.1 Å². The summed E-state index contributed by atoms with van der Waals surface area (Å²) in [6.07, 6.45) is 0.0774. The molecule has 1 aliphatic rings. The number of benzene rings is 1. The van der Waals surface area contributed by atoms with Gasteiger partial charge in [0.2, 0.25) is 0 Å². The molecular formula is C20H33N3O2. The minimum absolute atomic E-state index is 0.0774. The fourth-order valence-electron chi connectivity index (χ4n) is 2.97. The molecule has 140 valence electrons. The Hall–Kier alpha value is -1.59. The molecule has 25 heavy (non-hydrogen) atoms. The van der Waals surface area contributed by atoms with Crippen molar-refractivity contribution in [3.05, 3.63) is 34.9 Å². The van der Waals surface area contributed by atoms with E-state index in [2.05, 4.69) is 63.0 Å². The highest BCUT2D eigenvalue weighted by Gasteiger charge is 2.26. The van der Waals surface area contributed by atoms with E-state index in [1.54, 1.807) is 7.11 Å². The van der Waals surface area contributed by atoms with Crippen LogP contribution in [0.5, 0.6) is 0 Å². The second kappa shape index (κ2) is 8.68. The highest BCUT2D eigenvalue weighted by molar-refractivity contribution is 5.80. The van der Waals surface area contributed by atoms with Crippen molar-refractivity contribution >= 4 is 5.96 Å². The Bertz CT molecular complexity index is 599. The smallest absolute Gasteiger partial charge is 0.194 e. The van der Waals surface area contributed by atoms with Crippen LogP contribution in [0.1, 0.15) is 43.6 Å². The van der Waals surface area contributed by atoms with Gasteiger partial charge < -0.3 is 19.7 Å². The van der Waals surface area contributed by atoms with Crippen LogP contribution in [0.4, 0.5) is 0 Å². The summed E-state index contributed by atoms with van der Waals surface area (Å²) in [6, 6.07) is 6.57. The molecule has 1 atom stereocenters. The van der Waals surface area contributed by atoms with Gasteiger partial charge in [-0.1, -0.05) is 23.8 Å². The van der Waals surface area contributed by atoms with Gasteiger partial charge in [-0.15, -0.1) is 0 Å². The number of aliphatic imine (C=N–C) groups is 1. The standard InChI is InChI=1S/C20H33N3O2/c1-7-21-19(22-14-20(4,5)24-6)23-10-11-25-18(13-23)17-9-8-15(2)12-16(17)3/h8-9,12,18H,7,10-11,13-14H2,1-6H3,(H,21,22). The number of ether oxygens (including phenoxy) is 2. The summed E-state index contributed by atoms with van der Waals surface area (Å²) < 4.78 is 11.6. The van der Waals surface area contributed by atoms with Crippen LogP contribution in [0, 0.1) is 13.8 Å². The summed E-state index contributed by atoms with van der Waals surface area (Å²) in [7, 11) is 1.73. The van der Waals surface area contributed by atoms with Crippen molar-refractivity contribution in [2.45, 2.75) is 46.3 Å². The lowest BCUT2D eigenvalue weighted by atomic mass is 10.00. The van der Waals surface area contributed by atoms with E-state index >= 15 is 0 Å². The van der Waals surface area contributed by atoms with E-state index in [0.717, 1.165) is 25.6 Å². The number of methoxy groups -OCH3 is 1. The van der Waals surface area contributed by atoms with E-state index < -0.39 is 0 Å². The summed E-state index contributed by atoms with van der Waals surface area (Å²) in [4.78, 5) is 7.09. The quantitative estimate of drug-likeness (QED) is 0.657. The lowest BCUT2D eigenvalue weighted by Crippen LogP contribution is -2.48. The predicted molar refractivity (Wildman–Crippen MR) is 103 cm³/mol. The molecule has 0 aliphatic carbocycles. The molecule has 5 heteroatoms. The van der Waals surface area contributed by atoms with E-state index in [0.29, 0.717) is 13.2 Å². The highest BCUT2D eigenvalue weighted by Crippen LogP contribution is 2.26. The van der Waals surface area contributed by atoms with E-state index in [9.17, 15) is 0 Å². The van der Waals surface area contributed by atoms with Gasteiger partial charge in [-0.3, -0.25) is 4.99 Å². The van der Waals surface area contributed by atoms with E-state index in [4.69, 9.17) is 14.5 Å². The minimum Gasteiger partial charge on any atom is -0.377 e. The molecule has 1 aliphatic heterocycles. The van der Waals surface area contributed by atoms with Gasteiger partial charge in [-0.05, 0) is 45.7 Å². The van der Waals surface area contributed by atoms with Crippen molar-refractivity contribution in [3.63, 3.8) is 0 Å². The first-order chi connectivity index (χ1) is 11.9. The number of aryl methyl sites for hydroxylation is 2. The van der Waals surface area contributed by atoms with Crippen molar-refractivity contribution in [3.8, 4) is 0 Å². The third-order valence-electron chi connectivity index (χ3n) is 4.64. The Labute approximate surface area is 152 Å². The Morgan fingerprint density at radius 3 is 2.80 bits per heavy atom. The van der Waals surface area contributed by atoms with Crippen LogP contribution >= 0.6 is 0 Å². The zero-order valence-corrected chi connectivity index (χ0v) is 16.6. The SMILES string of the molecule is CCNC(=NCC(C)(C)OC)N1CCOC(c2ccc(C)cc2C)C1. The minimum atomic E-state index is -0.264. The van der Waals surface area contributed by atoms with Gasteiger partial charge in [0.15, 0.2) is 5.96 Å². The Balaban J connectivity index is 2.15. The van der Waals surface area contributed by atoms with Gasteiger partial charge >= 0.3 is 0 Å². The van der Waals surface area contributed by atoms with Gasteiger partial charge in [0.05, 0.1) is 25.3 Å². The molecule has 0 saturated carbocycles. The zero-order valence-electron chi connectivity index (χ0n) is 16.6. The fraction of sp³-hybridized carbons (Fsp3) is 0.650. The first kappa shape index (κ1) is 19.7. The molecule has 5 nitrogen and oxygen atoms in total. The lowest BCUT2D eigenvalue weighted by molar-refractivity contribution is -0.00878. The second-order valence-electron chi connectivity index (χ2n) is 7.30. The molecule has 1 saturated heterocycles. The van der Waals surface area contributed by atoms with Crippen LogP contribution in [0.3, 0.4) is 0 Å². The number of guanidine groups is 1. The van der Waals surface area contributed by atoms with Crippen molar-refractivity contribution < 1.29 is 9.47 Å². The van der Waals surface area contributed by atoms with Crippen LogP contribution in [0.2, 0.25) is 0 Å². The molecule has 0 aromatic heterocycles. The van der Waals surface area contributed by atoms with Crippen LogP contribution in [-0.2, 0) is 9.47 Å². The van der Waals surface area contributed by atoms with E-state index in [1.807, 2.05) is 0 Å². The monoisotopic (exact) mass is 347 g/mol. The van der Waals surface area contributed by atoms with Gasteiger partial charge in [0.1, 0.15) is 6.10 Å². The van der Waals surface area contributed by atoms with Crippen molar-refractivity contribution in [2.75, 3.05) is 39.9 Å². The van der Waals surface area contributed by atoms with Gasteiger partial charge in [-0.2, -0.15) is 0 Å². The van der Waals surface area contributed by atoms with Crippen LogP contribution in [0.15, 0.2) is 23.2 Å². The third kappa shape index (κ3) is 5.44. The summed E-state index contributed by atoms with van der Waals surface area (Å²) in [5, 5.41) is 3.41. The van der Waals surface area contributed by atoms with Crippen LogP contribution in [0.25, 0.3) is 0 Å². The van der Waals surface area contributed by atoms with Crippen molar-refractivity contribution in [1.82, 2.24) is 10.2 Å². The average Bonchev–Trinajstić information content (AvgIpc) is 2.58. The molecule has 0 radical (unpaired) electrons. The predicted octanol–water partition coefficient (Wildman–Crippen LogP) is 3.07. The summed E-state index contributed by atoms with van der Waals surface area (Å²) in [5.74, 6) is 0.936. The molecule has 1 fully saturated rings. The Morgan fingerprint density at radius 2 is 2.16 bits per heavy atom. The largest absolute Gasteiger partial charge is 0.377 e. The number of nitrogens with one attached hydrogen (secondary N) is 1. The molecule has 1 N–H and O–H groups in total. The molecule has 0 amide bonds. The maximum Gasteiger partial charge on any atom is 0.194 e. The van der Waals surface area contributed by atoms with Crippen LogP contribution in [-0.4, -0.2) is 56.4 Å². The first-order valence-corrected chi connectivity index (χ1v) is 9.13. The molecule has 1 aromatic carbocycles. The van der Waals surface area contributed by atoms with Crippen molar-refractivity contribution in [2.24, 2.45) is 4.99 Å². The third-order valence-corrected chi connectivity index (χ3v) is 4.64. The molecule has 1 unspecified atom stereocenters. The highest BCUT2D eigenvalue weighted by atomic mass is 16.5. The molecule has 0 spiro atoms. The number of rotatable bonds is 5. The molecule has 1 heterocycles. The summed E-state index contributed by atoms with van der Waals surface area (Å²) >= 11 is 0. The maximum atomic E-state index is 6.06. The van der Waals surface area contributed by atoms with E-state index in [-0.39, 0.29) is 11.7 Å². The van der Waals surface area contributed by atoms with Gasteiger partial charge in [-0.25, -0.2) is 0 Å². The average molecular weight is 348 g/mol. The summed E-state index contributed by atoms with van der Waals surface area (Å²) in [5.41, 5.74) is 3.57. The van der Waals surface area contributed by atoms with Gasteiger partial charge in [0.25, 0.3) is 0 Å². The number of hydrogen-bond donors (Lipinski definition) is 1. The van der Waals surface area contributed by atoms with Gasteiger partial charge in [0, 0.05) is 20.2 Å². The molecular weight excluding hydrogens is 314 g/mol. The normalized spacial score (nSPS) is 19.2. The molecule has 0 bridgehead atoms. The van der Waals surface area contributed by atoms with E-state index in [1.165, 1.54) is 16.7 Å². The number of nitrogens with zero attached hydrogens (tertiary/aromatic N) is 2. The Morgan fingerprint density at radius 1 is 1.40 bits per heavy atom. The molecule has 2 rings (SSSR count). The number of hydrogen-bond acceptors (Lipinski definition) is 3. The zero-order chi connectivity index (χ0) is 18.4. The number of morpholine rings is 1. The lowest BCUT2D eigenvalue weighted by Gasteiger charge is -2.36. The fourth-order valence-corrected chi connectivity index (χ4v) is 2.97. The first-order valence-electron chi connectivity index (χ1n) is 9.13. The van der Waals surface area contributed by atoms with Crippen molar-refractivity contribution in [1.29, 1.82) is 0 Å². The second-order valence-corrected chi connectivity index (χ2v) is 7.30.